The van der Waals surface area contributed by atoms with Gasteiger partial charge in [0.1, 0.15) is 5.84 Å². The van der Waals surface area contributed by atoms with Crippen LogP contribution in [0, 0.1) is 11.3 Å². The summed E-state index contributed by atoms with van der Waals surface area (Å²) in [7, 11) is 2.09. The third kappa shape index (κ3) is 3.09. The lowest BCUT2D eigenvalue weighted by Crippen LogP contribution is -2.36. The molecule has 1 aromatic carbocycles. The molecule has 20 heavy (non-hydrogen) atoms. The van der Waals surface area contributed by atoms with Crippen molar-refractivity contribution in [3.8, 4) is 0 Å². The molecule has 0 aliphatic heterocycles. The van der Waals surface area contributed by atoms with E-state index in [1.54, 1.807) is 6.07 Å². The van der Waals surface area contributed by atoms with Crippen LogP contribution in [0.5, 0.6) is 0 Å². The minimum atomic E-state index is 0.0414. The summed E-state index contributed by atoms with van der Waals surface area (Å²) in [6.45, 7) is 2.28. The Morgan fingerprint density at radius 2 is 2.00 bits per heavy atom. The smallest absolute Gasteiger partial charge is 0.126 e. The second kappa shape index (κ2) is 6.49. The van der Waals surface area contributed by atoms with Crippen molar-refractivity contribution in [1.82, 2.24) is 0 Å². The average molecular weight is 294 g/mol. The molecular formula is C16H24ClN3. The Hall–Kier alpha value is -1.22. The molecule has 2 rings (SSSR count). The summed E-state index contributed by atoms with van der Waals surface area (Å²) in [5.74, 6) is 0.922. The molecule has 1 aliphatic rings. The summed E-state index contributed by atoms with van der Waals surface area (Å²) in [5.41, 5.74) is 7.34. The van der Waals surface area contributed by atoms with E-state index in [0.29, 0.717) is 16.6 Å². The molecule has 0 unspecified atom stereocenters. The third-order valence-corrected chi connectivity index (χ3v) is 4.90. The van der Waals surface area contributed by atoms with Gasteiger partial charge in [0.2, 0.25) is 0 Å². The van der Waals surface area contributed by atoms with Crippen molar-refractivity contribution in [2.45, 2.75) is 45.1 Å². The van der Waals surface area contributed by atoms with E-state index in [-0.39, 0.29) is 5.84 Å². The molecule has 0 aromatic heterocycles. The highest BCUT2D eigenvalue weighted by atomic mass is 35.5. The number of nitrogen functional groups attached to an aromatic ring is 1. The third-order valence-electron chi connectivity index (χ3n) is 4.58. The van der Waals surface area contributed by atoms with E-state index in [9.17, 15) is 0 Å². The van der Waals surface area contributed by atoms with E-state index in [0.717, 1.165) is 11.6 Å². The van der Waals surface area contributed by atoms with Gasteiger partial charge < -0.3 is 10.6 Å². The summed E-state index contributed by atoms with van der Waals surface area (Å²) in [5, 5.41) is 8.31. The second-order valence-corrected chi connectivity index (χ2v) is 6.15. The number of hydrogen-bond donors (Lipinski definition) is 2. The van der Waals surface area contributed by atoms with Crippen molar-refractivity contribution in [2.24, 2.45) is 11.7 Å². The SMILES string of the molecule is CCC1CCC(N(C)c2cccc(Cl)c2C(=N)N)CC1. The zero-order valence-corrected chi connectivity index (χ0v) is 13.1. The van der Waals surface area contributed by atoms with Crippen LogP contribution in [0.3, 0.4) is 0 Å². The van der Waals surface area contributed by atoms with Crippen LogP contribution in [0.15, 0.2) is 18.2 Å². The number of hydrogen-bond acceptors (Lipinski definition) is 2. The second-order valence-electron chi connectivity index (χ2n) is 5.74. The van der Waals surface area contributed by atoms with E-state index in [2.05, 4.69) is 18.9 Å². The number of rotatable bonds is 4. The molecule has 0 spiro atoms. The number of anilines is 1. The predicted molar refractivity (Wildman–Crippen MR) is 86.9 cm³/mol. The molecule has 1 fully saturated rings. The quantitative estimate of drug-likeness (QED) is 0.650. The molecule has 3 N–H and O–H groups in total. The first-order valence-corrected chi connectivity index (χ1v) is 7.78. The van der Waals surface area contributed by atoms with Gasteiger partial charge in [-0.3, -0.25) is 5.41 Å². The minimum absolute atomic E-state index is 0.0414. The Balaban J connectivity index is 2.20. The highest BCUT2D eigenvalue weighted by Crippen LogP contribution is 2.34. The molecule has 0 radical (unpaired) electrons. The van der Waals surface area contributed by atoms with Crippen molar-refractivity contribution in [2.75, 3.05) is 11.9 Å². The van der Waals surface area contributed by atoms with Crippen LogP contribution in [0.25, 0.3) is 0 Å². The van der Waals surface area contributed by atoms with Crippen molar-refractivity contribution in [1.29, 1.82) is 5.41 Å². The normalized spacial score (nSPS) is 22.6. The first-order chi connectivity index (χ1) is 9.54. The van der Waals surface area contributed by atoms with Crippen LogP contribution >= 0.6 is 11.6 Å². The number of nitrogens with one attached hydrogen (secondary N) is 1. The number of nitrogens with two attached hydrogens (primary N) is 1. The maximum absolute atomic E-state index is 7.75. The zero-order chi connectivity index (χ0) is 14.7. The van der Waals surface area contributed by atoms with E-state index in [4.69, 9.17) is 22.7 Å². The van der Waals surface area contributed by atoms with E-state index < -0.39 is 0 Å². The Kier molecular flexibility index (Phi) is 4.92. The lowest BCUT2D eigenvalue weighted by Gasteiger charge is -2.36. The first kappa shape index (κ1) is 15.2. The Morgan fingerprint density at radius 1 is 1.35 bits per heavy atom. The standard InChI is InChI=1S/C16H24ClN3/c1-3-11-7-9-12(10-8-11)20(2)14-6-4-5-13(17)15(14)16(18)19/h4-6,11-12H,3,7-10H2,1-2H3,(H3,18,19). The van der Waals surface area contributed by atoms with Crippen LogP contribution in [0.2, 0.25) is 5.02 Å². The summed E-state index contributed by atoms with van der Waals surface area (Å²) >= 11 is 6.21. The van der Waals surface area contributed by atoms with Gasteiger partial charge in [-0.15, -0.1) is 0 Å². The van der Waals surface area contributed by atoms with E-state index in [1.807, 2.05) is 12.1 Å². The van der Waals surface area contributed by atoms with Crippen LogP contribution < -0.4 is 10.6 Å². The monoisotopic (exact) mass is 293 g/mol. The van der Waals surface area contributed by atoms with Crippen LogP contribution in [0.4, 0.5) is 5.69 Å². The fourth-order valence-electron chi connectivity index (χ4n) is 3.21. The van der Waals surface area contributed by atoms with Gasteiger partial charge >= 0.3 is 0 Å². The lowest BCUT2D eigenvalue weighted by molar-refractivity contribution is 0.313. The number of nitrogens with zero attached hydrogens (tertiary/aromatic N) is 1. The molecule has 1 saturated carbocycles. The summed E-state index contributed by atoms with van der Waals surface area (Å²) in [4.78, 5) is 2.26. The summed E-state index contributed by atoms with van der Waals surface area (Å²) < 4.78 is 0. The molecule has 110 valence electrons. The van der Waals surface area contributed by atoms with Crippen molar-refractivity contribution in [3.05, 3.63) is 28.8 Å². The average Bonchev–Trinajstić information content (AvgIpc) is 2.46. The summed E-state index contributed by atoms with van der Waals surface area (Å²) in [6.07, 6.45) is 6.28. The van der Waals surface area contributed by atoms with Gasteiger partial charge in [-0.05, 0) is 43.7 Å². The fraction of sp³-hybridized carbons (Fsp3) is 0.562. The molecule has 1 aliphatic carbocycles. The van der Waals surface area contributed by atoms with E-state index >= 15 is 0 Å². The van der Waals surface area contributed by atoms with E-state index in [1.165, 1.54) is 32.1 Å². The fourth-order valence-corrected chi connectivity index (χ4v) is 3.48. The molecule has 0 amide bonds. The summed E-state index contributed by atoms with van der Waals surface area (Å²) in [6, 6.07) is 6.26. The van der Waals surface area contributed by atoms with Gasteiger partial charge in [0.25, 0.3) is 0 Å². The highest BCUT2D eigenvalue weighted by Gasteiger charge is 2.25. The lowest BCUT2D eigenvalue weighted by atomic mass is 9.84. The topological polar surface area (TPSA) is 53.1 Å². The van der Waals surface area contributed by atoms with Crippen LogP contribution in [-0.2, 0) is 0 Å². The molecule has 0 saturated heterocycles. The van der Waals surface area contributed by atoms with Gasteiger partial charge in [-0.25, -0.2) is 0 Å². The van der Waals surface area contributed by atoms with Crippen molar-refractivity contribution < 1.29 is 0 Å². The van der Waals surface area contributed by atoms with Crippen molar-refractivity contribution >= 4 is 23.1 Å². The maximum Gasteiger partial charge on any atom is 0.126 e. The minimum Gasteiger partial charge on any atom is -0.384 e. The molecule has 1 aromatic rings. The van der Waals surface area contributed by atoms with Gasteiger partial charge in [-0.1, -0.05) is 31.0 Å². The van der Waals surface area contributed by atoms with Crippen LogP contribution in [-0.4, -0.2) is 18.9 Å². The van der Waals surface area contributed by atoms with Gasteiger partial charge in [-0.2, -0.15) is 0 Å². The molecule has 4 heteroatoms. The molecule has 0 bridgehead atoms. The predicted octanol–water partition coefficient (Wildman–Crippen LogP) is 4.03. The number of benzene rings is 1. The molecular weight excluding hydrogens is 270 g/mol. The molecule has 0 atom stereocenters. The number of halogens is 1. The van der Waals surface area contributed by atoms with Gasteiger partial charge in [0, 0.05) is 18.8 Å². The zero-order valence-electron chi connectivity index (χ0n) is 12.3. The molecule has 3 nitrogen and oxygen atoms in total. The van der Waals surface area contributed by atoms with Crippen LogP contribution in [0.1, 0.15) is 44.6 Å². The maximum atomic E-state index is 7.75. The first-order valence-electron chi connectivity index (χ1n) is 7.40. The Labute approximate surface area is 126 Å². The number of amidine groups is 1. The van der Waals surface area contributed by atoms with Gasteiger partial charge in [0.15, 0.2) is 0 Å². The Bertz CT molecular complexity index is 479. The molecule has 0 heterocycles. The van der Waals surface area contributed by atoms with Gasteiger partial charge in [0.05, 0.1) is 10.6 Å². The highest BCUT2D eigenvalue weighted by molar-refractivity contribution is 6.34. The van der Waals surface area contributed by atoms with Crippen molar-refractivity contribution in [3.63, 3.8) is 0 Å². The largest absolute Gasteiger partial charge is 0.384 e. The Morgan fingerprint density at radius 3 is 2.55 bits per heavy atom.